The van der Waals surface area contributed by atoms with Crippen LogP contribution in [-0.2, 0) is 10.0 Å². The maximum Gasteiger partial charge on any atom is 0.262 e. The molecule has 0 unspecified atom stereocenters. The third kappa shape index (κ3) is 4.68. The zero-order valence-electron chi connectivity index (χ0n) is 16.7. The quantitative estimate of drug-likeness (QED) is 0.445. The van der Waals surface area contributed by atoms with Gasteiger partial charge in [0.25, 0.3) is 10.0 Å². The van der Waals surface area contributed by atoms with Gasteiger partial charge in [0.2, 0.25) is 0 Å². The van der Waals surface area contributed by atoms with Gasteiger partial charge in [0.15, 0.2) is 0 Å². The van der Waals surface area contributed by atoms with E-state index in [9.17, 15) is 8.42 Å². The first-order valence-electron chi connectivity index (χ1n) is 9.31. The Bertz CT molecular complexity index is 1320. The second-order valence-corrected chi connectivity index (χ2v) is 8.86. The first kappa shape index (κ1) is 20.8. The van der Waals surface area contributed by atoms with E-state index in [0.717, 1.165) is 5.69 Å². The molecule has 0 aliphatic carbocycles. The summed E-state index contributed by atoms with van der Waals surface area (Å²) in [5, 5.41) is 3.61. The van der Waals surface area contributed by atoms with Crippen LogP contribution < -0.4 is 10.0 Å². The van der Waals surface area contributed by atoms with Gasteiger partial charge in [0, 0.05) is 34.9 Å². The summed E-state index contributed by atoms with van der Waals surface area (Å²) in [7, 11) is -3.76. The van der Waals surface area contributed by atoms with Crippen molar-refractivity contribution in [1.82, 2.24) is 19.5 Å². The summed E-state index contributed by atoms with van der Waals surface area (Å²) in [6.45, 7) is 3.48. The summed E-state index contributed by atoms with van der Waals surface area (Å²) >= 11 is 6.06. The molecular weight excluding hydrogens is 436 g/mol. The van der Waals surface area contributed by atoms with E-state index >= 15 is 0 Å². The Balaban J connectivity index is 1.52. The Labute approximate surface area is 185 Å². The number of nitrogens with zero attached hydrogens (tertiary/aromatic N) is 4. The summed E-state index contributed by atoms with van der Waals surface area (Å²) < 4.78 is 29.8. The second-order valence-electron chi connectivity index (χ2n) is 6.80. The number of benzene rings is 2. The van der Waals surface area contributed by atoms with Gasteiger partial charge in [-0.15, -0.1) is 0 Å². The predicted octanol–water partition coefficient (Wildman–Crippen LogP) is 4.48. The van der Waals surface area contributed by atoms with E-state index in [4.69, 9.17) is 11.6 Å². The van der Waals surface area contributed by atoms with Gasteiger partial charge in [-0.2, -0.15) is 0 Å². The molecule has 0 spiro atoms. The predicted molar refractivity (Wildman–Crippen MR) is 121 cm³/mol. The maximum absolute atomic E-state index is 12.7. The Hall–Kier alpha value is -3.43. The lowest BCUT2D eigenvalue weighted by Gasteiger charge is -2.12. The molecule has 8 nitrogen and oxygen atoms in total. The normalized spacial score (nSPS) is 11.3. The highest BCUT2D eigenvalue weighted by molar-refractivity contribution is 7.92. The molecule has 0 amide bonds. The summed E-state index contributed by atoms with van der Waals surface area (Å²) in [4.78, 5) is 13.0. The first-order valence-corrected chi connectivity index (χ1v) is 11.2. The van der Waals surface area contributed by atoms with Crippen LogP contribution in [0.1, 0.15) is 11.4 Å². The van der Waals surface area contributed by atoms with Crippen molar-refractivity contribution in [3.8, 4) is 5.82 Å². The van der Waals surface area contributed by atoms with Crippen molar-refractivity contribution in [1.29, 1.82) is 0 Å². The van der Waals surface area contributed by atoms with Crippen LogP contribution >= 0.6 is 11.6 Å². The van der Waals surface area contributed by atoms with Crippen LogP contribution in [0.4, 0.5) is 17.2 Å². The van der Waals surface area contributed by atoms with Crippen LogP contribution in [0.25, 0.3) is 5.82 Å². The van der Waals surface area contributed by atoms with Crippen LogP contribution in [0.5, 0.6) is 0 Å². The molecule has 0 aliphatic rings. The molecule has 0 bridgehead atoms. The van der Waals surface area contributed by atoms with Gasteiger partial charge in [0.05, 0.1) is 4.90 Å². The number of rotatable bonds is 6. The van der Waals surface area contributed by atoms with Crippen LogP contribution in [0.3, 0.4) is 0 Å². The molecule has 2 aromatic heterocycles. The molecule has 4 rings (SSSR count). The Morgan fingerprint density at radius 2 is 1.74 bits per heavy atom. The van der Waals surface area contributed by atoms with Crippen molar-refractivity contribution in [3.05, 3.63) is 83.7 Å². The minimum absolute atomic E-state index is 0.144. The molecule has 0 saturated heterocycles. The third-order valence-corrected chi connectivity index (χ3v) is 6.45. The van der Waals surface area contributed by atoms with Crippen LogP contribution in [0.15, 0.2) is 72.1 Å². The van der Waals surface area contributed by atoms with Crippen molar-refractivity contribution in [2.45, 2.75) is 18.7 Å². The number of sulfonamides is 1. The van der Waals surface area contributed by atoms with Crippen molar-refractivity contribution in [2.75, 3.05) is 10.0 Å². The van der Waals surface area contributed by atoms with Gasteiger partial charge in [-0.25, -0.2) is 23.4 Å². The molecule has 0 atom stereocenters. The maximum atomic E-state index is 12.7. The molecule has 0 fully saturated rings. The first-order chi connectivity index (χ1) is 14.8. The minimum atomic E-state index is -3.76. The number of nitrogens with one attached hydrogen (secondary N) is 2. The van der Waals surface area contributed by atoms with Crippen LogP contribution in [-0.4, -0.2) is 27.9 Å². The lowest BCUT2D eigenvalue weighted by Crippen LogP contribution is -2.14. The monoisotopic (exact) mass is 454 g/mol. The molecule has 158 valence electrons. The fourth-order valence-electron chi connectivity index (χ4n) is 3.00. The van der Waals surface area contributed by atoms with Gasteiger partial charge in [-0.05, 0) is 55.8 Å². The lowest BCUT2D eigenvalue weighted by molar-refractivity contribution is 0.600. The SMILES string of the molecule is Cc1nc(Nc2ccc(NS(=O)(=O)c3cccc(Cl)c3C)cc2)cc(-n2ccnc2)n1. The van der Waals surface area contributed by atoms with Gasteiger partial charge >= 0.3 is 0 Å². The number of anilines is 3. The highest BCUT2D eigenvalue weighted by Gasteiger charge is 2.18. The largest absolute Gasteiger partial charge is 0.340 e. The fourth-order valence-corrected chi connectivity index (χ4v) is 4.56. The standard InChI is InChI=1S/C21H19ClN6O2S/c1-14-18(22)4-3-5-19(14)31(29,30)27-17-8-6-16(7-9-17)26-20-12-21(25-15(2)24-20)28-11-10-23-13-28/h3-13,27H,1-2H3,(H,24,25,26). The van der Waals surface area contributed by atoms with Gasteiger partial charge in [-0.1, -0.05) is 17.7 Å². The van der Waals surface area contributed by atoms with E-state index in [2.05, 4.69) is 25.0 Å². The molecule has 2 aromatic carbocycles. The molecule has 0 aliphatic heterocycles. The average molecular weight is 455 g/mol. The van der Waals surface area contributed by atoms with E-state index in [1.807, 2.05) is 0 Å². The highest BCUT2D eigenvalue weighted by Crippen LogP contribution is 2.26. The molecule has 31 heavy (non-hydrogen) atoms. The van der Waals surface area contributed by atoms with Gasteiger partial charge in [-0.3, -0.25) is 9.29 Å². The molecule has 10 heteroatoms. The van der Waals surface area contributed by atoms with Crippen molar-refractivity contribution in [2.24, 2.45) is 0 Å². The molecular formula is C21H19ClN6O2S. The Kier molecular flexibility index (Phi) is 5.62. The third-order valence-electron chi connectivity index (χ3n) is 4.51. The average Bonchev–Trinajstić information content (AvgIpc) is 3.26. The van der Waals surface area contributed by atoms with E-state index in [-0.39, 0.29) is 4.90 Å². The van der Waals surface area contributed by atoms with Crippen LogP contribution in [0.2, 0.25) is 5.02 Å². The molecule has 2 N–H and O–H groups in total. The number of halogens is 1. The lowest BCUT2D eigenvalue weighted by atomic mass is 10.2. The van der Waals surface area contributed by atoms with E-state index in [1.165, 1.54) is 6.07 Å². The summed E-state index contributed by atoms with van der Waals surface area (Å²) in [6.07, 6.45) is 5.14. The Morgan fingerprint density at radius 1 is 1.00 bits per heavy atom. The minimum Gasteiger partial charge on any atom is -0.340 e. The van der Waals surface area contributed by atoms with Crippen molar-refractivity contribution < 1.29 is 8.42 Å². The van der Waals surface area contributed by atoms with E-state index in [0.29, 0.717) is 33.7 Å². The summed E-state index contributed by atoms with van der Waals surface area (Å²) in [5.74, 6) is 1.91. The number of hydrogen-bond donors (Lipinski definition) is 2. The smallest absolute Gasteiger partial charge is 0.262 e. The second kappa shape index (κ2) is 8.37. The molecule has 2 heterocycles. The molecule has 0 saturated carbocycles. The highest BCUT2D eigenvalue weighted by atomic mass is 35.5. The fraction of sp³-hybridized carbons (Fsp3) is 0.0952. The zero-order valence-corrected chi connectivity index (χ0v) is 18.3. The van der Waals surface area contributed by atoms with Crippen molar-refractivity contribution in [3.63, 3.8) is 0 Å². The molecule has 0 radical (unpaired) electrons. The van der Waals surface area contributed by atoms with E-state index in [1.54, 1.807) is 79.6 Å². The Morgan fingerprint density at radius 3 is 2.45 bits per heavy atom. The number of aryl methyl sites for hydroxylation is 1. The van der Waals surface area contributed by atoms with Crippen LogP contribution in [0, 0.1) is 13.8 Å². The van der Waals surface area contributed by atoms with E-state index < -0.39 is 10.0 Å². The summed E-state index contributed by atoms with van der Waals surface area (Å²) in [6, 6.07) is 13.5. The zero-order chi connectivity index (χ0) is 22.0. The van der Waals surface area contributed by atoms with Crippen molar-refractivity contribution >= 4 is 38.8 Å². The van der Waals surface area contributed by atoms with Gasteiger partial charge < -0.3 is 5.32 Å². The topological polar surface area (TPSA) is 102 Å². The summed E-state index contributed by atoms with van der Waals surface area (Å²) in [5.41, 5.74) is 1.68. The molecule has 4 aromatic rings. The number of imidazole rings is 1. The van der Waals surface area contributed by atoms with Gasteiger partial charge in [0.1, 0.15) is 23.8 Å². The number of hydrogen-bond acceptors (Lipinski definition) is 6. The number of aromatic nitrogens is 4.